The maximum atomic E-state index is 15.3. The number of hydrogen-bond donors (Lipinski definition) is 2. The number of aromatic nitrogens is 3. The third kappa shape index (κ3) is 3.50. The van der Waals surface area contributed by atoms with E-state index in [2.05, 4.69) is 15.3 Å². The first kappa shape index (κ1) is 20.9. The van der Waals surface area contributed by atoms with Gasteiger partial charge in [-0.2, -0.15) is 4.98 Å². The number of pyridine rings is 1. The number of anilines is 1. The highest BCUT2D eigenvalue weighted by Gasteiger charge is 2.42. The Labute approximate surface area is 173 Å². The van der Waals surface area contributed by atoms with Crippen molar-refractivity contribution in [3.05, 3.63) is 27.7 Å². The maximum absolute atomic E-state index is 15.3. The number of fused-ring (bicyclic) bond motifs is 1. The van der Waals surface area contributed by atoms with Gasteiger partial charge in [-0.1, -0.05) is 0 Å². The number of carbonyl (C=O) groups excluding carboxylic acids is 1. The van der Waals surface area contributed by atoms with Crippen LogP contribution in [0.15, 0.2) is 11.0 Å². The number of carbonyl (C=O) groups is 1. The van der Waals surface area contributed by atoms with E-state index in [-0.39, 0.29) is 29.9 Å². The largest absolute Gasteiger partial charge is 0.389 e. The van der Waals surface area contributed by atoms with Crippen LogP contribution in [0.4, 0.5) is 10.3 Å². The number of aryl methyl sites for hydroxylation is 1. The average Bonchev–Trinajstić information content (AvgIpc) is 3.02. The zero-order valence-corrected chi connectivity index (χ0v) is 17.4. The lowest BCUT2D eigenvalue weighted by Gasteiger charge is -2.29. The lowest BCUT2D eigenvalue weighted by atomic mass is 9.99. The minimum atomic E-state index is -1.57. The topological polar surface area (TPSA) is 106 Å². The predicted molar refractivity (Wildman–Crippen MR) is 110 cm³/mol. The molecule has 2 aromatic heterocycles. The fourth-order valence-corrected chi connectivity index (χ4v) is 4.67. The summed E-state index contributed by atoms with van der Waals surface area (Å²) in [6, 6.07) is -0.991. The van der Waals surface area contributed by atoms with Gasteiger partial charge in [-0.25, -0.2) is 9.37 Å². The summed E-state index contributed by atoms with van der Waals surface area (Å²) in [6.45, 7) is 5.25. The summed E-state index contributed by atoms with van der Waals surface area (Å²) in [4.78, 5) is 34.4. The number of aliphatic hydroxyl groups is 1. The second-order valence-corrected chi connectivity index (χ2v) is 8.53. The molecule has 0 unspecified atom stereocenters. The number of alkyl halides is 1. The van der Waals surface area contributed by atoms with Crippen LogP contribution >= 0.6 is 0 Å². The number of nitrogens with one attached hydrogen (secondary N) is 1. The van der Waals surface area contributed by atoms with Crippen LogP contribution in [-0.4, -0.2) is 56.5 Å². The smallest absolute Gasteiger partial charge is 0.263 e. The molecule has 1 saturated heterocycles. The van der Waals surface area contributed by atoms with Gasteiger partial charge in [0.15, 0.2) is 5.78 Å². The van der Waals surface area contributed by atoms with Gasteiger partial charge < -0.3 is 15.2 Å². The molecule has 4 rings (SSSR count). The van der Waals surface area contributed by atoms with Gasteiger partial charge in [0.2, 0.25) is 5.95 Å². The van der Waals surface area contributed by atoms with E-state index in [0.29, 0.717) is 48.9 Å². The molecule has 0 bridgehead atoms. The van der Waals surface area contributed by atoms with E-state index < -0.39 is 23.4 Å². The van der Waals surface area contributed by atoms with Gasteiger partial charge in [0.25, 0.3) is 5.56 Å². The summed E-state index contributed by atoms with van der Waals surface area (Å²) in [5.74, 6) is -0.116. The molecule has 4 atom stereocenters. The Kier molecular flexibility index (Phi) is 5.36. The Balaban J connectivity index is 1.89. The number of hydrogen-bond acceptors (Lipinski definition) is 7. The average molecular weight is 418 g/mol. The molecule has 2 aromatic rings. The Morgan fingerprint density at radius 1 is 1.43 bits per heavy atom. The van der Waals surface area contributed by atoms with Crippen LogP contribution < -0.4 is 10.9 Å². The molecule has 0 aromatic carbocycles. The molecule has 9 heteroatoms. The highest BCUT2D eigenvalue weighted by Crippen LogP contribution is 2.42. The third-order valence-corrected chi connectivity index (χ3v) is 6.35. The molecule has 3 heterocycles. The van der Waals surface area contributed by atoms with Crippen molar-refractivity contribution in [2.45, 2.75) is 70.3 Å². The predicted octanol–water partition coefficient (Wildman–Crippen LogP) is 2.32. The van der Waals surface area contributed by atoms with E-state index in [9.17, 15) is 14.7 Å². The number of ketones is 1. The summed E-state index contributed by atoms with van der Waals surface area (Å²) in [7, 11) is 0. The van der Waals surface area contributed by atoms with Crippen molar-refractivity contribution in [3.8, 4) is 0 Å². The standard InChI is InChI=1S/C21H27FN4O4/c1-11-13-9-23-20(24-14-6-8-30-10-15(14)28)25-18(13)26(19(29)17(11)12(2)27)16-5-4-7-21(16,3)22/h9,14-16,28H,4-8,10H2,1-3H3,(H,23,24,25)/t14-,15-,16-,21-/m1/s1. The molecule has 30 heavy (non-hydrogen) atoms. The van der Waals surface area contributed by atoms with Crippen molar-refractivity contribution in [1.29, 1.82) is 0 Å². The Morgan fingerprint density at radius 2 is 2.20 bits per heavy atom. The van der Waals surface area contributed by atoms with Gasteiger partial charge in [-0.15, -0.1) is 0 Å². The van der Waals surface area contributed by atoms with E-state index in [1.165, 1.54) is 18.4 Å². The highest BCUT2D eigenvalue weighted by molar-refractivity contribution is 5.99. The SMILES string of the molecule is CC(=O)c1c(C)c2cnc(N[C@@H]3CCOC[C@H]3O)nc2n([C@@H]2CCC[C@@]2(C)F)c1=O. The van der Waals surface area contributed by atoms with Crippen LogP contribution in [0.25, 0.3) is 11.0 Å². The normalized spacial score (nSPS) is 29.3. The van der Waals surface area contributed by atoms with Crippen molar-refractivity contribution >= 4 is 22.8 Å². The molecule has 162 valence electrons. The van der Waals surface area contributed by atoms with Gasteiger partial charge in [0.1, 0.15) is 11.3 Å². The van der Waals surface area contributed by atoms with Crippen LogP contribution in [-0.2, 0) is 4.74 Å². The molecule has 2 N–H and O–H groups in total. The lowest BCUT2D eigenvalue weighted by Crippen LogP contribution is -2.42. The van der Waals surface area contributed by atoms with Crippen LogP contribution in [0.5, 0.6) is 0 Å². The van der Waals surface area contributed by atoms with Gasteiger partial charge >= 0.3 is 0 Å². The molecule has 1 aliphatic heterocycles. The Morgan fingerprint density at radius 3 is 2.83 bits per heavy atom. The van der Waals surface area contributed by atoms with Crippen LogP contribution in [0, 0.1) is 6.92 Å². The van der Waals surface area contributed by atoms with E-state index >= 15 is 4.39 Å². The first-order chi connectivity index (χ1) is 14.2. The third-order valence-electron chi connectivity index (χ3n) is 6.35. The van der Waals surface area contributed by atoms with Crippen molar-refractivity contribution in [3.63, 3.8) is 0 Å². The molecule has 0 amide bonds. The van der Waals surface area contributed by atoms with Gasteiger partial charge in [0, 0.05) is 18.2 Å². The number of rotatable bonds is 4. The second-order valence-electron chi connectivity index (χ2n) is 8.53. The first-order valence-electron chi connectivity index (χ1n) is 10.3. The van der Waals surface area contributed by atoms with E-state index in [1.807, 2.05) is 0 Å². The Bertz CT molecular complexity index is 1050. The van der Waals surface area contributed by atoms with Crippen molar-refractivity contribution in [2.24, 2.45) is 0 Å². The number of Topliss-reactive ketones (excluding diaryl/α,β-unsaturated/α-hetero) is 1. The van der Waals surface area contributed by atoms with Crippen LogP contribution in [0.1, 0.15) is 61.5 Å². The zero-order valence-electron chi connectivity index (χ0n) is 17.4. The van der Waals surface area contributed by atoms with Crippen molar-refractivity contribution < 1.29 is 19.0 Å². The quantitative estimate of drug-likeness (QED) is 0.734. The van der Waals surface area contributed by atoms with E-state index in [4.69, 9.17) is 4.74 Å². The summed E-state index contributed by atoms with van der Waals surface area (Å²) in [6.07, 6.45) is 2.93. The molecule has 1 saturated carbocycles. The molecule has 8 nitrogen and oxygen atoms in total. The molecule has 1 aliphatic carbocycles. The van der Waals surface area contributed by atoms with Gasteiger partial charge in [0.05, 0.1) is 30.4 Å². The monoisotopic (exact) mass is 418 g/mol. The summed E-state index contributed by atoms with van der Waals surface area (Å²) in [5, 5.41) is 13.8. The number of nitrogens with zero attached hydrogens (tertiary/aromatic N) is 3. The first-order valence-corrected chi connectivity index (χ1v) is 10.3. The Hall–Kier alpha value is -2.39. The van der Waals surface area contributed by atoms with E-state index in [1.54, 1.807) is 13.1 Å². The molecular formula is C21H27FN4O4. The molecule has 2 aliphatic rings. The lowest BCUT2D eigenvalue weighted by molar-refractivity contribution is -0.0136. The fourth-order valence-electron chi connectivity index (χ4n) is 4.67. The summed E-state index contributed by atoms with van der Waals surface area (Å²) in [5.41, 5.74) is -1.24. The van der Waals surface area contributed by atoms with Gasteiger partial charge in [-0.3, -0.25) is 14.2 Å². The fraction of sp³-hybridized carbons (Fsp3) is 0.619. The van der Waals surface area contributed by atoms with Crippen molar-refractivity contribution in [2.75, 3.05) is 18.5 Å². The molecular weight excluding hydrogens is 391 g/mol. The minimum absolute atomic E-state index is 0.0503. The van der Waals surface area contributed by atoms with Crippen LogP contribution in [0.2, 0.25) is 0 Å². The zero-order chi connectivity index (χ0) is 21.6. The van der Waals surface area contributed by atoms with Crippen molar-refractivity contribution in [1.82, 2.24) is 14.5 Å². The summed E-state index contributed by atoms with van der Waals surface area (Å²) < 4.78 is 21.9. The second kappa shape index (κ2) is 7.70. The molecule has 0 radical (unpaired) electrons. The van der Waals surface area contributed by atoms with Gasteiger partial charge in [-0.05, 0) is 52.0 Å². The molecule has 2 fully saturated rings. The molecule has 0 spiro atoms. The number of aliphatic hydroxyl groups excluding tert-OH is 1. The maximum Gasteiger partial charge on any atom is 0.263 e. The van der Waals surface area contributed by atoms with Crippen LogP contribution in [0.3, 0.4) is 0 Å². The minimum Gasteiger partial charge on any atom is -0.389 e. The number of ether oxygens (including phenoxy) is 1. The van der Waals surface area contributed by atoms with E-state index in [0.717, 1.165) is 0 Å². The highest BCUT2D eigenvalue weighted by atomic mass is 19.1. The summed E-state index contributed by atoms with van der Waals surface area (Å²) >= 11 is 0. The number of halogens is 1.